The molecule has 4 aliphatic rings. The zero-order valence-corrected chi connectivity index (χ0v) is 26.5. The molecule has 0 aromatic carbocycles. The van der Waals surface area contributed by atoms with Crippen molar-refractivity contribution in [3.63, 3.8) is 0 Å². The van der Waals surface area contributed by atoms with Crippen molar-refractivity contribution in [1.29, 1.82) is 0 Å². The van der Waals surface area contributed by atoms with Crippen molar-refractivity contribution in [2.75, 3.05) is 19.8 Å². The van der Waals surface area contributed by atoms with Gasteiger partial charge in [0.25, 0.3) is 0 Å². The van der Waals surface area contributed by atoms with Crippen molar-refractivity contribution < 1.29 is 43.8 Å². The summed E-state index contributed by atoms with van der Waals surface area (Å²) in [5, 5.41) is 19.0. The molecule has 0 spiro atoms. The van der Waals surface area contributed by atoms with Crippen LogP contribution in [0.4, 0.5) is 0 Å². The Morgan fingerprint density at radius 3 is 1.74 bits per heavy atom. The summed E-state index contributed by atoms with van der Waals surface area (Å²) in [5.41, 5.74) is 0. The number of esters is 1. The van der Waals surface area contributed by atoms with Gasteiger partial charge in [0.2, 0.25) is 0 Å². The second-order valence-corrected chi connectivity index (χ2v) is 14.4. The van der Waals surface area contributed by atoms with E-state index in [2.05, 4.69) is 13.8 Å². The van der Waals surface area contributed by atoms with Crippen LogP contribution in [0.5, 0.6) is 0 Å². The molecule has 4 saturated carbocycles. The number of carboxylic acids is 2. The summed E-state index contributed by atoms with van der Waals surface area (Å²) in [4.78, 5) is 47.3. The third-order valence-corrected chi connectivity index (χ3v) is 11.0. The van der Waals surface area contributed by atoms with E-state index in [9.17, 15) is 24.6 Å². The van der Waals surface area contributed by atoms with Crippen molar-refractivity contribution in [3.05, 3.63) is 0 Å². The van der Waals surface area contributed by atoms with Gasteiger partial charge in [-0.05, 0) is 132 Å². The lowest BCUT2D eigenvalue weighted by Crippen LogP contribution is -2.38. The maximum atomic E-state index is 12.8. The number of carbonyl (C=O) groups is 3. The lowest BCUT2D eigenvalue weighted by molar-refractivity contribution is -0.337. The van der Waals surface area contributed by atoms with Gasteiger partial charge in [0.1, 0.15) is 6.10 Å². The van der Waals surface area contributed by atoms with Gasteiger partial charge in [0.15, 0.2) is 0 Å². The molecule has 4 fully saturated rings. The largest absolute Gasteiger partial charge is 0.481 e. The van der Waals surface area contributed by atoms with Crippen molar-refractivity contribution in [2.45, 2.75) is 129 Å². The Hall–Kier alpha value is -1.71. The molecular weight excluding hydrogens is 552 g/mol. The molecule has 0 bridgehead atoms. The van der Waals surface area contributed by atoms with Crippen LogP contribution in [0, 0.1) is 47.3 Å². The van der Waals surface area contributed by atoms with E-state index in [1.165, 1.54) is 0 Å². The highest BCUT2D eigenvalue weighted by molar-refractivity contribution is 5.81. The predicted molar refractivity (Wildman–Crippen MR) is 160 cm³/mol. The van der Waals surface area contributed by atoms with Gasteiger partial charge in [-0.15, -0.1) is 0 Å². The summed E-state index contributed by atoms with van der Waals surface area (Å²) in [6, 6.07) is 0. The normalized spacial score (nSPS) is 37.0. The van der Waals surface area contributed by atoms with Gasteiger partial charge in [-0.1, -0.05) is 13.8 Å². The van der Waals surface area contributed by atoms with Crippen LogP contribution in [0.2, 0.25) is 0 Å². The van der Waals surface area contributed by atoms with E-state index < -0.39 is 23.8 Å². The van der Waals surface area contributed by atoms with Crippen LogP contribution in [0.1, 0.15) is 117 Å². The van der Waals surface area contributed by atoms with E-state index in [0.717, 1.165) is 103 Å². The predicted octanol–water partition coefficient (Wildman–Crippen LogP) is 6.67. The van der Waals surface area contributed by atoms with E-state index in [4.69, 9.17) is 19.2 Å². The van der Waals surface area contributed by atoms with Gasteiger partial charge in [-0.3, -0.25) is 14.4 Å². The number of carbonyl (C=O) groups excluding carboxylic acids is 1. The molecule has 9 nitrogen and oxygen atoms in total. The Kier molecular flexibility index (Phi) is 13.6. The molecular formula is C34H56O9. The van der Waals surface area contributed by atoms with E-state index in [1.54, 1.807) is 0 Å². The van der Waals surface area contributed by atoms with Crippen LogP contribution in [0.25, 0.3) is 0 Å². The van der Waals surface area contributed by atoms with Crippen LogP contribution in [0.3, 0.4) is 0 Å². The summed E-state index contributed by atoms with van der Waals surface area (Å²) in [5.74, 6) is -1.14. The Balaban J connectivity index is 1.01. The van der Waals surface area contributed by atoms with E-state index in [-0.39, 0.29) is 30.0 Å². The average Bonchev–Trinajstić information content (AvgIpc) is 2.98. The van der Waals surface area contributed by atoms with Gasteiger partial charge in [0, 0.05) is 13.2 Å². The molecule has 6 atom stereocenters. The number of carboxylic acid groups (broad SMARTS) is 2. The topological polar surface area (TPSA) is 129 Å². The highest BCUT2D eigenvalue weighted by Gasteiger charge is 2.40. The zero-order valence-electron chi connectivity index (χ0n) is 26.5. The second-order valence-electron chi connectivity index (χ2n) is 14.4. The molecule has 0 amide bonds. The molecule has 246 valence electrons. The summed E-state index contributed by atoms with van der Waals surface area (Å²) in [6.07, 6.45) is 14.6. The molecule has 43 heavy (non-hydrogen) atoms. The maximum Gasteiger partial charge on any atom is 0.310 e. The van der Waals surface area contributed by atoms with E-state index in [0.29, 0.717) is 43.1 Å². The first-order valence-corrected chi connectivity index (χ1v) is 17.2. The van der Waals surface area contributed by atoms with Crippen LogP contribution in [-0.4, -0.2) is 60.1 Å². The van der Waals surface area contributed by atoms with Crippen LogP contribution < -0.4 is 0 Å². The molecule has 4 rings (SSSR count). The Labute approximate surface area is 257 Å². The molecule has 2 N–H and O–H groups in total. The molecule has 0 aromatic rings. The molecule has 0 saturated heterocycles. The standard InChI is InChI=1S/C34H56O9/c1-22-3-13-29(32(35)36)26(19-22)21-41-43-28-11-7-25(8-12-28)16-18-40-17-15-24-5-9-27(10-6-24)42-34(39)31-20-23(2)4-14-30(31)33(37)38/h22-31H,3-21H2,1-2H3,(H,35,36)(H,37,38). The van der Waals surface area contributed by atoms with Crippen molar-refractivity contribution in [1.82, 2.24) is 0 Å². The summed E-state index contributed by atoms with van der Waals surface area (Å²) < 4.78 is 11.8. The minimum atomic E-state index is -0.873. The van der Waals surface area contributed by atoms with Gasteiger partial charge < -0.3 is 19.7 Å². The van der Waals surface area contributed by atoms with Gasteiger partial charge in [0.05, 0.1) is 30.5 Å². The molecule has 0 aliphatic heterocycles. The smallest absolute Gasteiger partial charge is 0.310 e. The minimum Gasteiger partial charge on any atom is -0.481 e. The average molecular weight is 609 g/mol. The van der Waals surface area contributed by atoms with E-state index >= 15 is 0 Å². The Morgan fingerprint density at radius 1 is 0.628 bits per heavy atom. The molecule has 0 heterocycles. The fourth-order valence-electron chi connectivity index (χ4n) is 8.08. The highest BCUT2D eigenvalue weighted by atomic mass is 17.2. The number of hydrogen-bond donors (Lipinski definition) is 2. The summed E-state index contributed by atoms with van der Waals surface area (Å²) >= 11 is 0. The van der Waals surface area contributed by atoms with E-state index in [1.807, 2.05) is 0 Å². The van der Waals surface area contributed by atoms with Gasteiger partial charge >= 0.3 is 17.9 Å². The van der Waals surface area contributed by atoms with Gasteiger partial charge in [-0.2, -0.15) is 0 Å². The highest BCUT2D eigenvalue weighted by Crippen LogP contribution is 2.37. The Bertz CT molecular complexity index is 877. The number of rotatable bonds is 14. The Morgan fingerprint density at radius 2 is 1.16 bits per heavy atom. The quantitative estimate of drug-likeness (QED) is 0.0962. The lowest BCUT2D eigenvalue weighted by Gasteiger charge is -2.33. The lowest BCUT2D eigenvalue weighted by atomic mass is 9.74. The monoisotopic (exact) mass is 608 g/mol. The second kappa shape index (κ2) is 17.1. The first kappa shape index (κ1) is 34.2. The summed E-state index contributed by atoms with van der Waals surface area (Å²) in [7, 11) is 0. The van der Waals surface area contributed by atoms with Crippen molar-refractivity contribution >= 4 is 17.9 Å². The fraction of sp³-hybridized carbons (Fsp3) is 0.912. The molecule has 4 aliphatic carbocycles. The first-order chi connectivity index (χ1) is 20.7. The molecule has 0 aromatic heterocycles. The number of ether oxygens (including phenoxy) is 2. The SMILES string of the molecule is CC1CCC(C(=O)O)C(COOC2CCC(CCOCCC3CCC(OC(=O)C4CC(C)CCC4C(=O)O)CC3)CC2)C1. The molecule has 6 unspecified atom stereocenters. The van der Waals surface area contributed by atoms with Gasteiger partial charge in [-0.25, -0.2) is 9.78 Å². The third-order valence-electron chi connectivity index (χ3n) is 11.0. The van der Waals surface area contributed by atoms with Crippen LogP contribution >= 0.6 is 0 Å². The summed E-state index contributed by atoms with van der Waals surface area (Å²) in [6.45, 7) is 6.18. The first-order valence-electron chi connectivity index (χ1n) is 17.2. The number of hydrogen-bond acceptors (Lipinski definition) is 7. The minimum absolute atomic E-state index is 0.0335. The van der Waals surface area contributed by atoms with Crippen molar-refractivity contribution in [2.24, 2.45) is 47.3 Å². The fourth-order valence-corrected chi connectivity index (χ4v) is 8.08. The van der Waals surface area contributed by atoms with Crippen LogP contribution in [-0.2, 0) is 33.6 Å². The van der Waals surface area contributed by atoms with Crippen LogP contribution in [0.15, 0.2) is 0 Å². The van der Waals surface area contributed by atoms with Crippen molar-refractivity contribution in [3.8, 4) is 0 Å². The third kappa shape index (κ3) is 10.7. The molecule has 9 heteroatoms. The molecule has 0 radical (unpaired) electrons. The maximum absolute atomic E-state index is 12.8. The zero-order chi connectivity index (χ0) is 30.8. The number of aliphatic carboxylic acids is 2.